The number of anilines is 1. The number of methoxy groups -OCH3 is 2. The second kappa shape index (κ2) is 6.76. The first-order chi connectivity index (χ1) is 8.56. The Morgan fingerprint density at radius 1 is 1.44 bits per heavy atom. The fourth-order valence-corrected chi connectivity index (χ4v) is 1.32. The highest BCUT2D eigenvalue weighted by atomic mass is 35.5. The zero-order valence-electron chi connectivity index (χ0n) is 10.4. The third-order valence-corrected chi connectivity index (χ3v) is 2.21. The van der Waals surface area contributed by atoms with Crippen LogP contribution in [0.15, 0.2) is 34.8 Å². The molecule has 0 bridgehead atoms. The molecule has 0 saturated heterocycles. The molecule has 0 spiro atoms. The van der Waals surface area contributed by atoms with Crippen LogP contribution in [0.4, 0.5) is 5.69 Å². The Hall–Kier alpha value is -1.88. The summed E-state index contributed by atoms with van der Waals surface area (Å²) in [5.74, 6) is 1.55. The molecule has 0 atom stereocenters. The van der Waals surface area contributed by atoms with Crippen molar-refractivity contribution in [2.45, 2.75) is 0 Å². The Labute approximate surface area is 111 Å². The van der Waals surface area contributed by atoms with Gasteiger partial charge in [-0.05, 0) is 12.1 Å². The number of benzene rings is 1. The maximum Gasteiger partial charge on any atom is 0.193 e. The third kappa shape index (κ3) is 4.18. The van der Waals surface area contributed by atoms with Crippen molar-refractivity contribution in [2.24, 2.45) is 10.7 Å². The van der Waals surface area contributed by atoms with Crippen LogP contribution in [0.3, 0.4) is 0 Å². The van der Waals surface area contributed by atoms with Crippen LogP contribution >= 0.6 is 11.6 Å². The van der Waals surface area contributed by atoms with Gasteiger partial charge in [0.05, 0.1) is 26.5 Å². The van der Waals surface area contributed by atoms with Crippen molar-refractivity contribution in [3.8, 4) is 11.5 Å². The molecular weight excluding hydrogens is 254 g/mol. The summed E-state index contributed by atoms with van der Waals surface area (Å²) in [6, 6.07) is 5.32. The summed E-state index contributed by atoms with van der Waals surface area (Å²) in [5.41, 5.74) is 6.38. The number of nitrogens with zero attached hydrogens (tertiary/aromatic N) is 1. The summed E-state index contributed by atoms with van der Waals surface area (Å²) in [6.07, 6.45) is 0. The largest absolute Gasteiger partial charge is 0.497 e. The predicted molar refractivity (Wildman–Crippen MR) is 74.7 cm³/mol. The molecule has 0 aliphatic carbocycles. The molecule has 1 rings (SSSR count). The molecule has 5 nitrogen and oxygen atoms in total. The number of hydrogen-bond donors (Lipinski definition) is 2. The summed E-state index contributed by atoms with van der Waals surface area (Å²) in [7, 11) is 3.15. The van der Waals surface area contributed by atoms with Gasteiger partial charge in [-0.3, -0.25) is 0 Å². The molecule has 6 heteroatoms. The van der Waals surface area contributed by atoms with E-state index in [4.69, 9.17) is 26.8 Å². The van der Waals surface area contributed by atoms with Crippen molar-refractivity contribution in [3.05, 3.63) is 29.8 Å². The standard InChI is InChI=1S/C12H16ClN3O2/c1-8(13)7-15-12(14)16-10-6-9(17-2)4-5-11(10)18-3/h4-6H,1,7H2,2-3H3,(H3,14,15,16). The lowest BCUT2D eigenvalue weighted by molar-refractivity contribution is 0.405. The quantitative estimate of drug-likeness (QED) is 0.635. The molecule has 0 radical (unpaired) electrons. The summed E-state index contributed by atoms with van der Waals surface area (Å²) in [6.45, 7) is 3.78. The molecule has 0 heterocycles. The van der Waals surface area contributed by atoms with E-state index in [0.717, 1.165) is 0 Å². The second-order valence-electron chi connectivity index (χ2n) is 3.41. The number of rotatable bonds is 5. The number of nitrogens with one attached hydrogen (secondary N) is 1. The molecule has 1 aromatic rings. The summed E-state index contributed by atoms with van der Waals surface area (Å²) in [5, 5.41) is 3.33. The molecule has 98 valence electrons. The van der Waals surface area contributed by atoms with Crippen molar-refractivity contribution >= 4 is 23.2 Å². The van der Waals surface area contributed by atoms with E-state index in [-0.39, 0.29) is 12.5 Å². The summed E-state index contributed by atoms with van der Waals surface area (Å²) in [4.78, 5) is 4.01. The Kier molecular flexibility index (Phi) is 5.32. The first-order valence-corrected chi connectivity index (χ1v) is 5.57. The normalized spacial score (nSPS) is 10.9. The van der Waals surface area contributed by atoms with Crippen molar-refractivity contribution < 1.29 is 9.47 Å². The summed E-state index contributed by atoms with van der Waals surface area (Å²) < 4.78 is 10.3. The van der Waals surface area contributed by atoms with Crippen molar-refractivity contribution in [1.82, 2.24) is 0 Å². The molecule has 1 aromatic carbocycles. The third-order valence-electron chi connectivity index (χ3n) is 2.09. The van der Waals surface area contributed by atoms with Crippen LogP contribution in [0.25, 0.3) is 0 Å². The lowest BCUT2D eigenvalue weighted by Gasteiger charge is -2.12. The van der Waals surface area contributed by atoms with E-state index in [0.29, 0.717) is 22.2 Å². The maximum absolute atomic E-state index is 5.71. The fraction of sp³-hybridized carbons (Fsp3) is 0.250. The Morgan fingerprint density at radius 3 is 2.72 bits per heavy atom. The van der Waals surface area contributed by atoms with Gasteiger partial charge in [-0.15, -0.1) is 0 Å². The van der Waals surface area contributed by atoms with Crippen LogP contribution in [0, 0.1) is 0 Å². The Balaban J connectivity index is 2.87. The minimum atomic E-state index is 0.225. The Morgan fingerprint density at radius 2 is 2.17 bits per heavy atom. The number of guanidine groups is 1. The number of halogens is 1. The van der Waals surface area contributed by atoms with E-state index in [2.05, 4.69) is 16.9 Å². The van der Waals surface area contributed by atoms with Crippen molar-refractivity contribution in [2.75, 3.05) is 26.1 Å². The van der Waals surface area contributed by atoms with E-state index in [1.165, 1.54) is 0 Å². The molecule has 18 heavy (non-hydrogen) atoms. The zero-order chi connectivity index (χ0) is 13.5. The number of nitrogens with two attached hydrogens (primary N) is 1. The molecule has 3 N–H and O–H groups in total. The van der Waals surface area contributed by atoms with Gasteiger partial charge in [-0.25, -0.2) is 4.99 Å². The minimum Gasteiger partial charge on any atom is -0.497 e. The van der Waals surface area contributed by atoms with Crippen molar-refractivity contribution in [3.63, 3.8) is 0 Å². The van der Waals surface area contributed by atoms with Gasteiger partial charge in [0.1, 0.15) is 11.5 Å². The van der Waals surface area contributed by atoms with Gasteiger partial charge in [-0.1, -0.05) is 18.2 Å². The van der Waals surface area contributed by atoms with Gasteiger partial charge in [0.15, 0.2) is 5.96 Å². The van der Waals surface area contributed by atoms with Gasteiger partial charge in [0.2, 0.25) is 0 Å². The van der Waals surface area contributed by atoms with Gasteiger partial charge < -0.3 is 20.5 Å². The highest BCUT2D eigenvalue weighted by Gasteiger charge is 2.05. The number of ether oxygens (including phenoxy) is 2. The minimum absolute atomic E-state index is 0.225. The first-order valence-electron chi connectivity index (χ1n) is 5.19. The highest BCUT2D eigenvalue weighted by molar-refractivity contribution is 6.29. The maximum atomic E-state index is 5.71. The van der Waals surface area contributed by atoms with Crippen LogP contribution in [0.2, 0.25) is 0 Å². The van der Waals surface area contributed by atoms with E-state index in [9.17, 15) is 0 Å². The van der Waals surface area contributed by atoms with Gasteiger partial charge >= 0.3 is 0 Å². The molecule has 0 aromatic heterocycles. The Bertz CT molecular complexity index is 461. The van der Waals surface area contributed by atoms with Crippen LogP contribution < -0.4 is 20.5 Å². The number of hydrogen-bond acceptors (Lipinski definition) is 3. The van der Waals surface area contributed by atoms with Crippen LogP contribution in [-0.2, 0) is 0 Å². The van der Waals surface area contributed by atoms with Crippen LogP contribution in [-0.4, -0.2) is 26.7 Å². The van der Waals surface area contributed by atoms with E-state index < -0.39 is 0 Å². The molecule has 0 aliphatic rings. The van der Waals surface area contributed by atoms with E-state index in [1.54, 1.807) is 32.4 Å². The molecule has 0 amide bonds. The average molecular weight is 270 g/mol. The lowest BCUT2D eigenvalue weighted by Crippen LogP contribution is -2.23. The number of aliphatic imine (C=N–C) groups is 1. The van der Waals surface area contributed by atoms with Crippen molar-refractivity contribution in [1.29, 1.82) is 0 Å². The average Bonchev–Trinajstić information content (AvgIpc) is 2.36. The van der Waals surface area contributed by atoms with Crippen LogP contribution in [0.1, 0.15) is 0 Å². The second-order valence-corrected chi connectivity index (χ2v) is 3.94. The monoisotopic (exact) mass is 269 g/mol. The first kappa shape index (κ1) is 14.2. The fourth-order valence-electron chi connectivity index (χ4n) is 1.26. The van der Waals surface area contributed by atoms with Gasteiger partial charge in [0, 0.05) is 11.1 Å². The van der Waals surface area contributed by atoms with Crippen LogP contribution in [0.5, 0.6) is 11.5 Å². The smallest absolute Gasteiger partial charge is 0.193 e. The SMILES string of the molecule is C=C(Cl)CN=C(N)Nc1cc(OC)ccc1OC. The van der Waals surface area contributed by atoms with E-state index >= 15 is 0 Å². The molecule has 0 unspecified atom stereocenters. The summed E-state index contributed by atoms with van der Waals surface area (Å²) >= 11 is 5.60. The predicted octanol–water partition coefficient (Wildman–Crippen LogP) is 2.18. The highest BCUT2D eigenvalue weighted by Crippen LogP contribution is 2.28. The molecule has 0 saturated carbocycles. The van der Waals surface area contributed by atoms with Gasteiger partial charge in [0.25, 0.3) is 0 Å². The van der Waals surface area contributed by atoms with Gasteiger partial charge in [-0.2, -0.15) is 0 Å². The lowest BCUT2D eigenvalue weighted by atomic mass is 10.2. The zero-order valence-corrected chi connectivity index (χ0v) is 11.1. The van der Waals surface area contributed by atoms with E-state index in [1.807, 2.05) is 0 Å². The topological polar surface area (TPSA) is 68.9 Å². The molecule has 0 aliphatic heterocycles. The molecule has 0 fully saturated rings. The molecular formula is C12H16ClN3O2.